The van der Waals surface area contributed by atoms with Gasteiger partial charge in [0.1, 0.15) is 11.9 Å². The summed E-state index contributed by atoms with van der Waals surface area (Å²) in [4.78, 5) is 25.5. The zero-order chi connectivity index (χ0) is 15.0. The van der Waals surface area contributed by atoms with Gasteiger partial charge in [-0.2, -0.15) is 0 Å². The van der Waals surface area contributed by atoms with E-state index >= 15 is 0 Å². The summed E-state index contributed by atoms with van der Waals surface area (Å²) in [6.07, 6.45) is 0. The smallest absolute Gasteiger partial charge is 0.277 e. The molecule has 2 aromatic carbocycles. The van der Waals surface area contributed by atoms with E-state index in [2.05, 4.69) is 5.32 Å². The van der Waals surface area contributed by atoms with Gasteiger partial charge in [0.15, 0.2) is 0 Å². The van der Waals surface area contributed by atoms with E-state index in [1.807, 2.05) is 19.1 Å². The third-order valence-electron chi connectivity index (χ3n) is 3.45. The van der Waals surface area contributed by atoms with Gasteiger partial charge in [0, 0.05) is 5.69 Å². The fourth-order valence-electron chi connectivity index (χ4n) is 2.39. The van der Waals surface area contributed by atoms with Crippen molar-refractivity contribution in [2.45, 2.75) is 13.0 Å². The molecule has 3 rings (SSSR count). The highest BCUT2D eigenvalue weighted by Crippen LogP contribution is 2.31. The largest absolute Gasteiger partial charge is 0.329 e. The Hall–Kier alpha value is -2.69. The third kappa shape index (κ3) is 2.38. The number of aryl methyl sites for hydroxylation is 1. The van der Waals surface area contributed by atoms with Crippen molar-refractivity contribution in [1.29, 1.82) is 0 Å². The van der Waals surface area contributed by atoms with E-state index in [9.17, 15) is 14.0 Å². The summed E-state index contributed by atoms with van der Waals surface area (Å²) in [5, 5.41) is 2.30. The van der Waals surface area contributed by atoms with E-state index < -0.39 is 18.0 Å². The highest BCUT2D eigenvalue weighted by atomic mass is 19.1. The number of carbonyl (C=O) groups excluding carboxylic acids is 2. The topological polar surface area (TPSA) is 49.4 Å². The molecule has 1 heterocycles. The molecule has 0 bridgehead atoms. The third-order valence-corrected chi connectivity index (χ3v) is 3.45. The summed E-state index contributed by atoms with van der Waals surface area (Å²) < 4.78 is 13.0. The number of halogens is 1. The molecule has 5 heteroatoms. The molecule has 1 aliphatic heterocycles. The van der Waals surface area contributed by atoms with Crippen LogP contribution < -0.4 is 10.2 Å². The molecule has 0 aliphatic carbocycles. The quantitative estimate of drug-likeness (QED) is 0.862. The molecule has 1 saturated heterocycles. The Morgan fingerprint density at radius 3 is 2.24 bits per heavy atom. The molecule has 0 spiro atoms. The Morgan fingerprint density at radius 1 is 1.00 bits per heavy atom. The summed E-state index contributed by atoms with van der Waals surface area (Å²) in [6, 6.07) is 11.6. The van der Waals surface area contributed by atoms with E-state index in [0.717, 1.165) is 5.56 Å². The lowest BCUT2D eigenvalue weighted by atomic mass is 10.1. The van der Waals surface area contributed by atoms with Crippen LogP contribution in [0.1, 0.15) is 17.2 Å². The van der Waals surface area contributed by atoms with Crippen molar-refractivity contribution in [2.24, 2.45) is 0 Å². The number of imide groups is 1. The Morgan fingerprint density at radius 2 is 1.62 bits per heavy atom. The first-order chi connectivity index (χ1) is 10.1. The number of anilines is 1. The first kappa shape index (κ1) is 13.3. The monoisotopic (exact) mass is 284 g/mol. The number of hydrogen-bond acceptors (Lipinski definition) is 2. The molecule has 0 radical (unpaired) electrons. The molecule has 3 amide bonds. The maximum absolute atomic E-state index is 13.0. The van der Waals surface area contributed by atoms with Crippen LogP contribution in [0.3, 0.4) is 0 Å². The lowest BCUT2D eigenvalue weighted by molar-refractivity contribution is -0.119. The second-order valence-electron chi connectivity index (χ2n) is 4.95. The summed E-state index contributed by atoms with van der Waals surface area (Å²) in [5.41, 5.74) is 2.25. The fraction of sp³-hybridized carbons (Fsp3) is 0.125. The van der Waals surface area contributed by atoms with E-state index in [4.69, 9.17) is 0 Å². The number of benzene rings is 2. The van der Waals surface area contributed by atoms with Crippen molar-refractivity contribution < 1.29 is 14.0 Å². The second-order valence-corrected chi connectivity index (χ2v) is 4.95. The van der Waals surface area contributed by atoms with Crippen LogP contribution in [0.2, 0.25) is 0 Å². The Kier molecular flexibility index (Phi) is 3.17. The molecule has 106 valence electrons. The van der Waals surface area contributed by atoms with Crippen molar-refractivity contribution >= 4 is 17.6 Å². The van der Waals surface area contributed by atoms with Gasteiger partial charge in [-0.1, -0.05) is 29.8 Å². The fourth-order valence-corrected chi connectivity index (χ4v) is 2.39. The summed E-state index contributed by atoms with van der Waals surface area (Å²) in [6.45, 7) is 1.94. The maximum atomic E-state index is 13.0. The number of hydrogen-bond donors (Lipinski definition) is 1. The molecule has 21 heavy (non-hydrogen) atoms. The van der Waals surface area contributed by atoms with Crippen LogP contribution in [0.25, 0.3) is 0 Å². The van der Waals surface area contributed by atoms with Gasteiger partial charge in [0.05, 0.1) is 0 Å². The van der Waals surface area contributed by atoms with Gasteiger partial charge in [-0.3, -0.25) is 15.0 Å². The van der Waals surface area contributed by atoms with Crippen LogP contribution >= 0.6 is 0 Å². The van der Waals surface area contributed by atoms with E-state index in [1.165, 1.54) is 29.2 Å². The molecule has 1 fully saturated rings. The predicted molar refractivity (Wildman–Crippen MR) is 76.3 cm³/mol. The first-order valence-corrected chi connectivity index (χ1v) is 6.52. The molecule has 1 unspecified atom stereocenters. The van der Waals surface area contributed by atoms with Gasteiger partial charge >= 0.3 is 6.03 Å². The average molecular weight is 284 g/mol. The SMILES string of the molecule is Cc1ccc(N2C(=O)NC(=O)C2c2ccc(F)cc2)cc1. The minimum atomic E-state index is -0.777. The minimum Gasteiger partial charge on any atom is -0.277 e. The van der Waals surface area contributed by atoms with Crippen molar-refractivity contribution in [3.63, 3.8) is 0 Å². The number of nitrogens with one attached hydrogen (secondary N) is 1. The molecule has 1 aliphatic rings. The van der Waals surface area contributed by atoms with Crippen LogP contribution in [-0.4, -0.2) is 11.9 Å². The zero-order valence-electron chi connectivity index (χ0n) is 11.3. The number of carbonyl (C=O) groups is 2. The molecule has 2 aromatic rings. The van der Waals surface area contributed by atoms with Crippen LogP contribution in [0.15, 0.2) is 48.5 Å². The predicted octanol–water partition coefficient (Wildman–Crippen LogP) is 2.93. The summed E-state index contributed by atoms with van der Waals surface area (Å²) in [5.74, 6) is -0.794. The Bertz CT molecular complexity index is 634. The molecular formula is C16H13FN2O2. The normalized spacial score (nSPS) is 18.0. The van der Waals surface area contributed by atoms with E-state index in [0.29, 0.717) is 11.3 Å². The molecule has 0 aromatic heterocycles. The van der Waals surface area contributed by atoms with E-state index in [-0.39, 0.29) is 5.82 Å². The van der Waals surface area contributed by atoms with Gasteiger partial charge in [-0.05, 0) is 36.8 Å². The minimum absolute atomic E-state index is 0.384. The number of nitrogens with zero attached hydrogens (tertiary/aromatic N) is 1. The maximum Gasteiger partial charge on any atom is 0.329 e. The van der Waals surface area contributed by atoms with Crippen molar-refractivity contribution in [3.05, 3.63) is 65.5 Å². The van der Waals surface area contributed by atoms with Crippen LogP contribution in [0.5, 0.6) is 0 Å². The Labute approximate surface area is 121 Å². The first-order valence-electron chi connectivity index (χ1n) is 6.52. The van der Waals surface area contributed by atoms with Gasteiger partial charge in [0.25, 0.3) is 5.91 Å². The summed E-state index contributed by atoms with van der Waals surface area (Å²) >= 11 is 0. The van der Waals surface area contributed by atoms with Crippen LogP contribution in [-0.2, 0) is 4.79 Å². The van der Waals surface area contributed by atoms with Crippen LogP contribution in [0.4, 0.5) is 14.9 Å². The summed E-state index contributed by atoms with van der Waals surface area (Å²) in [7, 11) is 0. The number of rotatable bonds is 2. The van der Waals surface area contributed by atoms with Crippen molar-refractivity contribution in [1.82, 2.24) is 5.32 Å². The number of amides is 3. The van der Waals surface area contributed by atoms with Gasteiger partial charge in [0.2, 0.25) is 0 Å². The molecular weight excluding hydrogens is 271 g/mol. The lowest BCUT2D eigenvalue weighted by Gasteiger charge is -2.22. The van der Waals surface area contributed by atoms with E-state index in [1.54, 1.807) is 12.1 Å². The van der Waals surface area contributed by atoms with Crippen molar-refractivity contribution in [2.75, 3.05) is 4.90 Å². The second kappa shape index (κ2) is 5.01. The highest BCUT2D eigenvalue weighted by Gasteiger charge is 2.40. The zero-order valence-corrected chi connectivity index (χ0v) is 11.3. The molecule has 1 atom stereocenters. The van der Waals surface area contributed by atoms with Crippen molar-refractivity contribution in [3.8, 4) is 0 Å². The van der Waals surface area contributed by atoms with Crippen LogP contribution in [0, 0.1) is 12.7 Å². The molecule has 4 nitrogen and oxygen atoms in total. The Balaban J connectivity index is 2.03. The molecule has 0 saturated carbocycles. The van der Waals surface area contributed by atoms with Gasteiger partial charge in [-0.15, -0.1) is 0 Å². The van der Waals surface area contributed by atoms with Gasteiger partial charge in [-0.25, -0.2) is 9.18 Å². The lowest BCUT2D eigenvalue weighted by Crippen LogP contribution is -2.29. The van der Waals surface area contributed by atoms with Gasteiger partial charge < -0.3 is 0 Å². The number of urea groups is 1. The standard InChI is InChI=1S/C16H13FN2O2/c1-10-2-8-13(9-3-10)19-14(15(20)18-16(19)21)11-4-6-12(17)7-5-11/h2-9,14H,1H3,(H,18,20,21). The highest BCUT2D eigenvalue weighted by molar-refractivity contribution is 6.14. The molecule has 1 N–H and O–H groups in total. The average Bonchev–Trinajstić information content (AvgIpc) is 2.75.